The van der Waals surface area contributed by atoms with Gasteiger partial charge in [-0.15, -0.1) is 0 Å². The molecule has 1 aliphatic carbocycles. The molecule has 1 saturated carbocycles. The van der Waals surface area contributed by atoms with Gasteiger partial charge in [0.25, 0.3) is 0 Å². The van der Waals surface area contributed by atoms with Gasteiger partial charge in [0.05, 0.1) is 6.04 Å². The Morgan fingerprint density at radius 1 is 1.27 bits per heavy atom. The third kappa shape index (κ3) is 4.81. The summed E-state index contributed by atoms with van der Waals surface area (Å²) in [4.78, 5) is 21.6. The minimum atomic E-state index is -0.0828. The van der Waals surface area contributed by atoms with E-state index in [0.29, 0.717) is 18.8 Å². The molecule has 2 aromatic rings. The van der Waals surface area contributed by atoms with Crippen LogP contribution in [0, 0.1) is 6.92 Å². The van der Waals surface area contributed by atoms with Gasteiger partial charge >= 0.3 is 0 Å². The number of hydrogen-bond acceptors (Lipinski definition) is 4. The minimum absolute atomic E-state index is 0.0828. The number of nitrogens with one attached hydrogen (secondary N) is 2. The molecule has 3 rings (SSSR count). The first-order valence-electron chi connectivity index (χ1n) is 9.50. The Balaban J connectivity index is 1.87. The molecule has 5 heteroatoms. The molecular weight excluding hydrogens is 324 g/mol. The molecule has 138 valence electrons. The molecule has 1 heterocycles. The molecule has 1 unspecified atom stereocenters. The lowest BCUT2D eigenvalue weighted by Gasteiger charge is -2.20. The molecule has 2 N–H and O–H groups in total. The van der Waals surface area contributed by atoms with Gasteiger partial charge in [-0.1, -0.05) is 36.8 Å². The van der Waals surface area contributed by atoms with Gasteiger partial charge in [0, 0.05) is 37.6 Å². The van der Waals surface area contributed by atoms with Crippen LogP contribution in [0.25, 0.3) is 0 Å². The van der Waals surface area contributed by atoms with Gasteiger partial charge in [0.2, 0.25) is 5.91 Å². The predicted molar refractivity (Wildman–Crippen MR) is 104 cm³/mol. The van der Waals surface area contributed by atoms with Gasteiger partial charge < -0.3 is 10.6 Å². The van der Waals surface area contributed by atoms with Crippen LogP contribution in [0.5, 0.6) is 0 Å². The number of rotatable bonds is 8. The fourth-order valence-electron chi connectivity index (χ4n) is 3.12. The molecule has 0 spiro atoms. The zero-order valence-corrected chi connectivity index (χ0v) is 15.9. The van der Waals surface area contributed by atoms with Crippen LogP contribution >= 0.6 is 0 Å². The van der Waals surface area contributed by atoms with E-state index in [-0.39, 0.29) is 11.9 Å². The zero-order valence-electron chi connectivity index (χ0n) is 15.9. The number of anilines is 1. The van der Waals surface area contributed by atoms with E-state index in [9.17, 15) is 4.79 Å². The van der Waals surface area contributed by atoms with E-state index >= 15 is 0 Å². The van der Waals surface area contributed by atoms with E-state index in [1.807, 2.05) is 26.1 Å². The number of carbonyl (C=O) groups is 1. The SMILES string of the molecule is CCCC(=O)NC(Cc1cc(NC)nc(C2CC2)n1)c1cccc(C)c1. The summed E-state index contributed by atoms with van der Waals surface area (Å²) in [7, 11) is 1.88. The van der Waals surface area contributed by atoms with E-state index in [2.05, 4.69) is 40.7 Å². The topological polar surface area (TPSA) is 66.9 Å². The lowest BCUT2D eigenvalue weighted by Crippen LogP contribution is -2.30. The Kier molecular flexibility index (Phi) is 5.86. The molecule has 26 heavy (non-hydrogen) atoms. The Morgan fingerprint density at radius 3 is 2.73 bits per heavy atom. The van der Waals surface area contributed by atoms with Crippen LogP contribution in [0.3, 0.4) is 0 Å². The number of aromatic nitrogens is 2. The summed E-state index contributed by atoms with van der Waals surface area (Å²) >= 11 is 0. The highest BCUT2D eigenvalue weighted by Crippen LogP contribution is 2.38. The second-order valence-electron chi connectivity index (χ2n) is 7.12. The first kappa shape index (κ1) is 18.4. The average Bonchev–Trinajstić information content (AvgIpc) is 3.46. The van der Waals surface area contributed by atoms with Gasteiger partial charge in [0.15, 0.2) is 0 Å². The predicted octanol–water partition coefficient (Wildman–Crippen LogP) is 3.90. The molecule has 1 atom stereocenters. The van der Waals surface area contributed by atoms with E-state index < -0.39 is 0 Å². The van der Waals surface area contributed by atoms with Crippen molar-refractivity contribution >= 4 is 11.7 Å². The molecule has 1 aromatic heterocycles. The number of benzene rings is 1. The summed E-state index contributed by atoms with van der Waals surface area (Å²) in [6.45, 7) is 4.09. The summed E-state index contributed by atoms with van der Waals surface area (Å²) in [5, 5.41) is 6.33. The average molecular weight is 352 g/mol. The second-order valence-corrected chi connectivity index (χ2v) is 7.12. The van der Waals surface area contributed by atoms with Crippen molar-refractivity contribution in [2.75, 3.05) is 12.4 Å². The van der Waals surface area contributed by atoms with Crippen molar-refractivity contribution in [1.82, 2.24) is 15.3 Å². The quantitative estimate of drug-likeness (QED) is 0.756. The first-order valence-corrected chi connectivity index (χ1v) is 9.50. The van der Waals surface area contributed by atoms with Crippen LogP contribution in [-0.2, 0) is 11.2 Å². The van der Waals surface area contributed by atoms with Crippen LogP contribution in [0.15, 0.2) is 30.3 Å². The van der Waals surface area contributed by atoms with Crippen molar-refractivity contribution in [3.63, 3.8) is 0 Å². The van der Waals surface area contributed by atoms with Gasteiger partial charge in [-0.2, -0.15) is 0 Å². The standard InChI is InChI=1S/C21H28N4O/c1-4-6-20(26)24-18(16-8-5-7-14(2)11-16)12-17-13-19(22-3)25-21(23-17)15-9-10-15/h5,7-8,11,13,15,18H,4,6,9-10,12H2,1-3H3,(H,24,26)(H,22,23,25). The normalized spacial score (nSPS) is 14.7. The zero-order chi connectivity index (χ0) is 18.5. The molecule has 0 radical (unpaired) electrons. The maximum atomic E-state index is 12.3. The van der Waals surface area contributed by atoms with Crippen LogP contribution in [0.2, 0.25) is 0 Å². The maximum absolute atomic E-state index is 12.3. The monoisotopic (exact) mass is 352 g/mol. The van der Waals surface area contributed by atoms with E-state index in [1.54, 1.807) is 0 Å². The highest BCUT2D eigenvalue weighted by atomic mass is 16.1. The number of carbonyl (C=O) groups excluding carboxylic acids is 1. The van der Waals surface area contributed by atoms with Crippen molar-refractivity contribution < 1.29 is 4.79 Å². The second kappa shape index (κ2) is 8.30. The Morgan fingerprint density at radius 2 is 2.08 bits per heavy atom. The number of hydrogen-bond donors (Lipinski definition) is 2. The van der Waals surface area contributed by atoms with Gasteiger partial charge in [0.1, 0.15) is 11.6 Å². The Hall–Kier alpha value is -2.43. The van der Waals surface area contributed by atoms with Crippen LogP contribution in [0.4, 0.5) is 5.82 Å². The number of nitrogens with zero attached hydrogens (tertiary/aromatic N) is 2. The van der Waals surface area contributed by atoms with Crippen LogP contribution in [0.1, 0.15) is 67.2 Å². The van der Waals surface area contributed by atoms with Gasteiger partial charge in [-0.05, 0) is 31.7 Å². The summed E-state index contributed by atoms with van der Waals surface area (Å²) in [6, 6.07) is 10.2. The van der Waals surface area contributed by atoms with E-state index in [1.165, 1.54) is 18.4 Å². The lowest BCUT2D eigenvalue weighted by molar-refractivity contribution is -0.121. The summed E-state index contributed by atoms with van der Waals surface area (Å²) in [5.41, 5.74) is 3.27. The molecule has 1 amide bonds. The van der Waals surface area contributed by atoms with Crippen molar-refractivity contribution in [1.29, 1.82) is 0 Å². The fourth-order valence-corrected chi connectivity index (χ4v) is 3.12. The maximum Gasteiger partial charge on any atom is 0.220 e. The minimum Gasteiger partial charge on any atom is -0.373 e. The van der Waals surface area contributed by atoms with Crippen LogP contribution in [-0.4, -0.2) is 22.9 Å². The largest absolute Gasteiger partial charge is 0.373 e. The highest BCUT2D eigenvalue weighted by molar-refractivity contribution is 5.76. The molecule has 1 aromatic carbocycles. The fraction of sp³-hybridized carbons (Fsp3) is 0.476. The lowest BCUT2D eigenvalue weighted by atomic mass is 9.99. The molecule has 0 bridgehead atoms. The molecular formula is C21H28N4O. The van der Waals surface area contributed by atoms with Crippen molar-refractivity contribution in [2.24, 2.45) is 0 Å². The van der Waals surface area contributed by atoms with E-state index in [4.69, 9.17) is 4.98 Å². The van der Waals surface area contributed by atoms with E-state index in [0.717, 1.165) is 29.3 Å². The van der Waals surface area contributed by atoms with Crippen molar-refractivity contribution in [2.45, 2.75) is 57.9 Å². The smallest absolute Gasteiger partial charge is 0.220 e. The Bertz CT molecular complexity index is 770. The van der Waals surface area contributed by atoms with Crippen molar-refractivity contribution in [3.8, 4) is 0 Å². The van der Waals surface area contributed by atoms with Crippen molar-refractivity contribution in [3.05, 3.63) is 53.0 Å². The molecule has 1 fully saturated rings. The number of amides is 1. The summed E-state index contributed by atoms with van der Waals surface area (Å²) in [6.07, 6.45) is 4.38. The summed E-state index contributed by atoms with van der Waals surface area (Å²) in [5.74, 6) is 2.35. The molecule has 5 nitrogen and oxygen atoms in total. The molecule has 0 aliphatic heterocycles. The van der Waals surface area contributed by atoms with Crippen LogP contribution < -0.4 is 10.6 Å². The third-order valence-electron chi connectivity index (χ3n) is 4.67. The highest BCUT2D eigenvalue weighted by Gasteiger charge is 2.27. The number of aryl methyl sites for hydroxylation is 1. The molecule has 0 saturated heterocycles. The van der Waals surface area contributed by atoms with Gasteiger partial charge in [-0.25, -0.2) is 9.97 Å². The summed E-state index contributed by atoms with van der Waals surface area (Å²) < 4.78 is 0. The molecule has 1 aliphatic rings. The third-order valence-corrected chi connectivity index (χ3v) is 4.67. The Labute approximate surface area is 155 Å². The van der Waals surface area contributed by atoms with Gasteiger partial charge in [-0.3, -0.25) is 4.79 Å². The first-order chi connectivity index (χ1) is 12.6.